The molecule has 0 atom stereocenters. The second-order valence-electron chi connectivity index (χ2n) is 5.43. The summed E-state index contributed by atoms with van der Waals surface area (Å²) in [5.41, 5.74) is 8.11. The summed E-state index contributed by atoms with van der Waals surface area (Å²) in [6.45, 7) is 2.30. The van der Waals surface area contributed by atoms with Crippen LogP contribution in [0.2, 0.25) is 0 Å². The van der Waals surface area contributed by atoms with Crippen LogP contribution in [0.1, 0.15) is 23.2 Å². The van der Waals surface area contributed by atoms with E-state index in [9.17, 15) is 4.79 Å². The highest BCUT2D eigenvalue weighted by Gasteiger charge is 2.15. The fourth-order valence-corrected chi connectivity index (χ4v) is 2.39. The minimum atomic E-state index is -0.0616. The second-order valence-corrected chi connectivity index (χ2v) is 5.43. The lowest BCUT2D eigenvalue weighted by molar-refractivity contribution is 0.0642. The zero-order valence-corrected chi connectivity index (χ0v) is 12.2. The Morgan fingerprint density at radius 3 is 2.70 bits per heavy atom. The van der Waals surface area contributed by atoms with Crippen molar-refractivity contribution in [3.8, 4) is 0 Å². The summed E-state index contributed by atoms with van der Waals surface area (Å²) in [7, 11) is 3.85. The zero-order chi connectivity index (χ0) is 14.5. The quantitative estimate of drug-likeness (QED) is 0.818. The Labute approximate surface area is 120 Å². The zero-order valence-electron chi connectivity index (χ0n) is 12.2. The predicted octanol–water partition coefficient (Wildman–Crippen LogP) is 1.49. The van der Waals surface area contributed by atoms with E-state index in [0.29, 0.717) is 23.7 Å². The molecule has 20 heavy (non-hydrogen) atoms. The van der Waals surface area contributed by atoms with Crippen molar-refractivity contribution in [3.63, 3.8) is 0 Å². The van der Waals surface area contributed by atoms with Gasteiger partial charge in [0, 0.05) is 39.4 Å². The fourth-order valence-electron chi connectivity index (χ4n) is 2.39. The molecule has 1 aromatic rings. The van der Waals surface area contributed by atoms with Crippen molar-refractivity contribution >= 4 is 17.3 Å². The van der Waals surface area contributed by atoms with Crippen LogP contribution in [0.4, 0.5) is 11.4 Å². The first-order valence-corrected chi connectivity index (χ1v) is 7.00. The lowest BCUT2D eigenvalue weighted by atomic mass is 10.0. The smallest absolute Gasteiger partial charge is 0.251 e. The first kappa shape index (κ1) is 14.7. The van der Waals surface area contributed by atoms with Gasteiger partial charge < -0.3 is 20.7 Å². The Kier molecular flexibility index (Phi) is 4.84. The molecule has 0 spiro atoms. The van der Waals surface area contributed by atoms with Gasteiger partial charge in [-0.25, -0.2) is 0 Å². The number of carbonyl (C=O) groups is 1. The van der Waals surface area contributed by atoms with Gasteiger partial charge in [-0.1, -0.05) is 0 Å². The van der Waals surface area contributed by atoms with E-state index in [0.717, 1.165) is 31.7 Å². The third-order valence-electron chi connectivity index (χ3n) is 3.66. The van der Waals surface area contributed by atoms with Crippen LogP contribution in [0.25, 0.3) is 0 Å². The van der Waals surface area contributed by atoms with E-state index < -0.39 is 0 Å². The fraction of sp³-hybridized carbons (Fsp3) is 0.533. The van der Waals surface area contributed by atoms with Crippen molar-refractivity contribution in [2.75, 3.05) is 44.5 Å². The Morgan fingerprint density at radius 2 is 2.10 bits per heavy atom. The maximum absolute atomic E-state index is 12.1. The van der Waals surface area contributed by atoms with Crippen LogP contribution in [0, 0.1) is 5.92 Å². The highest BCUT2D eigenvalue weighted by Crippen LogP contribution is 2.22. The average Bonchev–Trinajstić information content (AvgIpc) is 2.45. The molecule has 0 radical (unpaired) electrons. The molecule has 1 fully saturated rings. The van der Waals surface area contributed by atoms with Crippen LogP contribution in [0.5, 0.6) is 0 Å². The van der Waals surface area contributed by atoms with Gasteiger partial charge in [0.25, 0.3) is 5.91 Å². The summed E-state index contributed by atoms with van der Waals surface area (Å²) < 4.78 is 5.31. The normalized spacial score (nSPS) is 15.9. The van der Waals surface area contributed by atoms with Gasteiger partial charge in [0.2, 0.25) is 0 Å². The van der Waals surface area contributed by atoms with Crippen molar-refractivity contribution in [2.45, 2.75) is 12.8 Å². The number of hydrogen-bond acceptors (Lipinski definition) is 4. The van der Waals surface area contributed by atoms with E-state index in [4.69, 9.17) is 10.5 Å². The number of nitrogens with one attached hydrogen (secondary N) is 1. The van der Waals surface area contributed by atoms with Crippen LogP contribution in [-0.2, 0) is 4.74 Å². The third-order valence-corrected chi connectivity index (χ3v) is 3.66. The molecule has 110 valence electrons. The minimum absolute atomic E-state index is 0.0616. The van der Waals surface area contributed by atoms with Crippen molar-refractivity contribution in [1.29, 1.82) is 0 Å². The highest BCUT2D eigenvalue weighted by atomic mass is 16.5. The molecule has 0 unspecified atom stereocenters. The van der Waals surface area contributed by atoms with Gasteiger partial charge in [-0.05, 0) is 37.0 Å². The molecule has 1 aliphatic rings. The van der Waals surface area contributed by atoms with Gasteiger partial charge in [-0.3, -0.25) is 4.79 Å². The lowest BCUT2D eigenvalue weighted by Crippen LogP contribution is -2.32. The van der Waals surface area contributed by atoms with E-state index >= 15 is 0 Å². The molecule has 5 nitrogen and oxygen atoms in total. The molecule has 0 aliphatic carbocycles. The van der Waals surface area contributed by atoms with Crippen molar-refractivity contribution in [1.82, 2.24) is 5.32 Å². The molecular formula is C15H23N3O2. The Morgan fingerprint density at radius 1 is 1.40 bits per heavy atom. The van der Waals surface area contributed by atoms with Gasteiger partial charge in [-0.2, -0.15) is 0 Å². The van der Waals surface area contributed by atoms with Crippen LogP contribution >= 0.6 is 0 Å². The molecule has 1 saturated heterocycles. The number of amides is 1. The largest absolute Gasteiger partial charge is 0.397 e. The topological polar surface area (TPSA) is 67.6 Å². The first-order chi connectivity index (χ1) is 9.58. The van der Waals surface area contributed by atoms with Crippen LogP contribution in [0.3, 0.4) is 0 Å². The van der Waals surface area contributed by atoms with Gasteiger partial charge in [0.05, 0.1) is 11.4 Å². The number of carbonyl (C=O) groups excluding carboxylic acids is 1. The molecule has 0 bridgehead atoms. The van der Waals surface area contributed by atoms with Crippen molar-refractivity contribution < 1.29 is 9.53 Å². The number of anilines is 2. The van der Waals surface area contributed by atoms with Crippen LogP contribution < -0.4 is 16.0 Å². The van der Waals surface area contributed by atoms with Gasteiger partial charge >= 0.3 is 0 Å². The number of nitrogens with zero attached hydrogens (tertiary/aromatic N) is 1. The molecule has 0 aromatic heterocycles. The molecule has 2 rings (SSSR count). The minimum Gasteiger partial charge on any atom is -0.397 e. The molecular weight excluding hydrogens is 254 g/mol. The maximum atomic E-state index is 12.1. The number of rotatable bonds is 4. The van der Waals surface area contributed by atoms with Gasteiger partial charge in [0.15, 0.2) is 0 Å². The summed E-state index contributed by atoms with van der Waals surface area (Å²) in [4.78, 5) is 14.0. The molecule has 3 N–H and O–H groups in total. The number of hydrogen-bond donors (Lipinski definition) is 2. The molecule has 1 aromatic carbocycles. The van der Waals surface area contributed by atoms with E-state index in [1.54, 1.807) is 6.07 Å². The molecule has 1 heterocycles. The molecule has 0 saturated carbocycles. The average molecular weight is 277 g/mol. The monoisotopic (exact) mass is 277 g/mol. The summed E-state index contributed by atoms with van der Waals surface area (Å²) >= 11 is 0. The Bertz CT molecular complexity index is 468. The van der Waals surface area contributed by atoms with Crippen molar-refractivity contribution in [3.05, 3.63) is 23.8 Å². The first-order valence-electron chi connectivity index (χ1n) is 7.00. The molecule has 1 amide bonds. The van der Waals surface area contributed by atoms with E-state index in [-0.39, 0.29) is 5.91 Å². The predicted molar refractivity (Wildman–Crippen MR) is 81.1 cm³/mol. The summed E-state index contributed by atoms with van der Waals surface area (Å²) in [5.74, 6) is 0.458. The lowest BCUT2D eigenvalue weighted by Gasteiger charge is -2.22. The van der Waals surface area contributed by atoms with Crippen molar-refractivity contribution in [2.24, 2.45) is 5.92 Å². The standard InChI is InChI=1S/C15H23N3O2/c1-18(2)14-4-3-12(9-13(14)16)15(19)17-10-11-5-7-20-8-6-11/h3-4,9,11H,5-8,10,16H2,1-2H3,(H,17,19). The number of nitrogens with two attached hydrogens (primary N) is 1. The van der Waals surface area contributed by atoms with Crippen LogP contribution in [0.15, 0.2) is 18.2 Å². The summed E-state index contributed by atoms with van der Waals surface area (Å²) in [6, 6.07) is 5.42. The third kappa shape index (κ3) is 3.63. The second kappa shape index (κ2) is 6.61. The van der Waals surface area contributed by atoms with Gasteiger partial charge in [0.1, 0.15) is 0 Å². The van der Waals surface area contributed by atoms with E-state index in [1.807, 2.05) is 31.1 Å². The maximum Gasteiger partial charge on any atom is 0.251 e. The van der Waals surface area contributed by atoms with E-state index in [1.165, 1.54) is 0 Å². The number of benzene rings is 1. The van der Waals surface area contributed by atoms with Crippen LogP contribution in [-0.4, -0.2) is 39.8 Å². The van der Waals surface area contributed by atoms with E-state index in [2.05, 4.69) is 5.32 Å². The van der Waals surface area contributed by atoms with Gasteiger partial charge in [-0.15, -0.1) is 0 Å². The summed E-state index contributed by atoms with van der Waals surface area (Å²) in [5, 5.41) is 2.98. The number of nitrogen functional groups attached to an aromatic ring is 1. The number of ether oxygens (including phenoxy) is 1. The molecule has 5 heteroatoms. The Balaban J connectivity index is 1.93. The SMILES string of the molecule is CN(C)c1ccc(C(=O)NCC2CCOCC2)cc1N. The molecule has 1 aliphatic heterocycles. The summed E-state index contributed by atoms with van der Waals surface area (Å²) in [6.07, 6.45) is 2.03. The highest BCUT2D eigenvalue weighted by molar-refractivity contribution is 5.96. The Hall–Kier alpha value is -1.75.